The Hall–Kier alpha value is -0.160. The Morgan fingerprint density at radius 2 is 2.06 bits per heavy atom. The van der Waals surface area contributed by atoms with Crippen LogP contribution in [0.15, 0.2) is 0 Å². The normalized spacial score (nSPS) is 27.4. The van der Waals surface area contributed by atoms with E-state index in [2.05, 4.69) is 12.3 Å². The fraction of sp³-hybridized carbons (Fsp3) is 1.00. The van der Waals surface area contributed by atoms with Crippen LogP contribution >= 0.6 is 0 Å². The van der Waals surface area contributed by atoms with E-state index in [1.807, 2.05) is 19.1 Å². The van der Waals surface area contributed by atoms with Gasteiger partial charge >= 0.3 is 0 Å². The van der Waals surface area contributed by atoms with Crippen molar-refractivity contribution in [3.63, 3.8) is 0 Å². The van der Waals surface area contributed by atoms with E-state index in [0.29, 0.717) is 25.2 Å². The first-order valence-corrected chi connectivity index (χ1v) is 6.84. The summed E-state index contributed by atoms with van der Waals surface area (Å²) in [5, 5.41) is 11.6. The first-order chi connectivity index (χ1) is 8.13. The van der Waals surface area contributed by atoms with Crippen molar-refractivity contribution < 1.29 is 9.84 Å². The first-order valence-electron chi connectivity index (χ1n) is 6.84. The van der Waals surface area contributed by atoms with Gasteiger partial charge in [-0.2, -0.15) is 0 Å². The summed E-state index contributed by atoms with van der Waals surface area (Å²) in [5.74, 6) is 0.692. The molecule has 1 saturated carbocycles. The maximum atomic E-state index is 9.77. The molecule has 1 aliphatic carbocycles. The molecule has 0 radical (unpaired) electrons. The van der Waals surface area contributed by atoms with Crippen LogP contribution in [0.2, 0.25) is 0 Å². The quantitative estimate of drug-likeness (QED) is 0.665. The van der Waals surface area contributed by atoms with Gasteiger partial charge in [-0.05, 0) is 18.8 Å². The topological polar surface area (TPSA) is 44.7 Å². The molecule has 1 rings (SSSR count). The van der Waals surface area contributed by atoms with E-state index in [9.17, 15) is 5.11 Å². The van der Waals surface area contributed by atoms with E-state index in [-0.39, 0.29) is 0 Å². The van der Waals surface area contributed by atoms with Crippen LogP contribution in [0.25, 0.3) is 0 Å². The average Bonchev–Trinajstić information content (AvgIpc) is 2.34. The van der Waals surface area contributed by atoms with Crippen molar-refractivity contribution >= 4 is 0 Å². The lowest BCUT2D eigenvalue weighted by molar-refractivity contribution is -0.0524. The van der Waals surface area contributed by atoms with E-state index >= 15 is 0 Å². The smallest absolute Gasteiger partial charge is 0.0911 e. The van der Waals surface area contributed by atoms with Crippen LogP contribution in [0, 0.1) is 5.92 Å². The highest BCUT2D eigenvalue weighted by Gasteiger charge is 2.24. The average molecular weight is 244 g/mol. The van der Waals surface area contributed by atoms with Crippen molar-refractivity contribution in [1.82, 2.24) is 10.4 Å². The molecular weight excluding hydrogens is 216 g/mol. The highest BCUT2D eigenvalue weighted by atomic mass is 16.5. The standard InChI is InChI=1S/C13H28N2O2/c1-4-11-7-5-6-8-13(11)17-10-12(16)9-14-15(2)3/h11-14,16H,4-10H2,1-3H3. The van der Waals surface area contributed by atoms with Gasteiger partial charge in [0.05, 0.1) is 18.8 Å². The van der Waals surface area contributed by atoms with Gasteiger partial charge in [-0.3, -0.25) is 10.4 Å². The summed E-state index contributed by atoms with van der Waals surface area (Å²) in [5.41, 5.74) is 3.06. The number of ether oxygens (including phenoxy) is 1. The van der Waals surface area contributed by atoms with Crippen molar-refractivity contribution in [1.29, 1.82) is 0 Å². The summed E-state index contributed by atoms with van der Waals surface area (Å²) in [7, 11) is 3.84. The Labute approximate surface area is 105 Å². The van der Waals surface area contributed by atoms with Gasteiger partial charge in [-0.1, -0.05) is 26.2 Å². The van der Waals surface area contributed by atoms with Crippen molar-refractivity contribution in [2.75, 3.05) is 27.2 Å². The number of hydrazine groups is 1. The molecule has 1 fully saturated rings. The van der Waals surface area contributed by atoms with E-state index < -0.39 is 6.10 Å². The molecule has 0 aromatic carbocycles. The van der Waals surface area contributed by atoms with E-state index in [0.717, 1.165) is 6.42 Å². The van der Waals surface area contributed by atoms with Gasteiger partial charge in [0.2, 0.25) is 0 Å². The van der Waals surface area contributed by atoms with Gasteiger partial charge in [0.25, 0.3) is 0 Å². The van der Waals surface area contributed by atoms with E-state index in [1.165, 1.54) is 25.7 Å². The number of hydrogen-bond donors (Lipinski definition) is 2. The lowest BCUT2D eigenvalue weighted by Gasteiger charge is -2.31. The van der Waals surface area contributed by atoms with Gasteiger partial charge in [0, 0.05) is 20.6 Å². The number of nitrogens with one attached hydrogen (secondary N) is 1. The predicted molar refractivity (Wildman–Crippen MR) is 69.7 cm³/mol. The predicted octanol–water partition coefficient (Wildman–Crippen LogP) is 1.40. The summed E-state index contributed by atoms with van der Waals surface area (Å²) in [4.78, 5) is 0. The molecule has 0 aromatic heterocycles. The fourth-order valence-corrected chi connectivity index (χ4v) is 2.44. The van der Waals surface area contributed by atoms with Crippen LogP contribution in [0.5, 0.6) is 0 Å². The second-order valence-corrected chi connectivity index (χ2v) is 5.24. The molecule has 4 heteroatoms. The molecule has 0 bridgehead atoms. The van der Waals surface area contributed by atoms with Crippen molar-refractivity contribution in [3.8, 4) is 0 Å². The lowest BCUT2D eigenvalue weighted by atomic mass is 9.85. The first kappa shape index (κ1) is 14.9. The minimum atomic E-state index is -0.420. The molecule has 3 atom stereocenters. The fourth-order valence-electron chi connectivity index (χ4n) is 2.44. The SMILES string of the molecule is CCC1CCCCC1OCC(O)CNN(C)C. The Morgan fingerprint density at radius 1 is 1.35 bits per heavy atom. The molecule has 4 nitrogen and oxygen atoms in total. The molecule has 0 aliphatic heterocycles. The molecular formula is C13H28N2O2. The van der Waals surface area contributed by atoms with Crippen LogP contribution in [0.3, 0.4) is 0 Å². The molecule has 102 valence electrons. The molecule has 3 unspecified atom stereocenters. The van der Waals surface area contributed by atoms with Gasteiger partial charge in [0.15, 0.2) is 0 Å². The van der Waals surface area contributed by atoms with Gasteiger partial charge in [0.1, 0.15) is 0 Å². The van der Waals surface area contributed by atoms with Crippen molar-refractivity contribution in [2.24, 2.45) is 5.92 Å². The molecule has 0 aromatic rings. The third-order valence-electron chi connectivity index (χ3n) is 3.51. The van der Waals surface area contributed by atoms with E-state index in [1.54, 1.807) is 0 Å². The number of nitrogens with zero attached hydrogens (tertiary/aromatic N) is 1. The lowest BCUT2D eigenvalue weighted by Crippen LogP contribution is -2.40. The summed E-state index contributed by atoms with van der Waals surface area (Å²) >= 11 is 0. The molecule has 0 amide bonds. The zero-order valence-corrected chi connectivity index (χ0v) is 11.5. The largest absolute Gasteiger partial charge is 0.389 e. The van der Waals surface area contributed by atoms with Crippen LogP contribution in [0.4, 0.5) is 0 Å². The Kier molecular flexibility index (Phi) is 7.04. The summed E-state index contributed by atoms with van der Waals surface area (Å²) in [6.07, 6.45) is 6.19. The Bertz CT molecular complexity index is 200. The maximum Gasteiger partial charge on any atom is 0.0911 e. The minimum absolute atomic E-state index is 0.364. The van der Waals surface area contributed by atoms with Crippen LogP contribution < -0.4 is 5.43 Å². The zero-order chi connectivity index (χ0) is 12.7. The number of rotatable bonds is 7. The summed E-state index contributed by atoms with van der Waals surface area (Å²) < 4.78 is 5.87. The van der Waals surface area contributed by atoms with Gasteiger partial charge in [-0.25, -0.2) is 0 Å². The summed E-state index contributed by atoms with van der Waals surface area (Å²) in [6, 6.07) is 0. The van der Waals surface area contributed by atoms with Crippen LogP contribution in [-0.2, 0) is 4.74 Å². The van der Waals surface area contributed by atoms with Crippen molar-refractivity contribution in [2.45, 2.75) is 51.2 Å². The van der Waals surface area contributed by atoms with Crippen molar-refractivity contribution in [3.05, 3.63) is 0 Å². The number of hydrogen-bond acceptors (Lipinski definition) is 4. The monoisotopic (exact) mass is 244 g/mol. The molecule has 1 aliphatic rings. The van der Waals surface area contributed by atoms with Gasteiger partial charge in [-0.15, -0.1) is 0 Å². The number of aliphatic hydroxyl groups excluding tert-OH is 1. The Balaban J connectivity index is 2.19. The second-order valence-electron chi connectivity index (χ2n) is 5.24. The number of aliphatic hydroxyl groups is 1. The molecule has 0 saturated heterocycles. The maximum absolute atomic E-state index is 9.77. The minimum Gasteiger partial charge on any atom is -0.389 e. The van der Waals surface area contributed by atoms with Crippen LogP contribution in [-0.4, -0.2) is 49.6 Å². The molecule has 2 N–H and O–H groups in total. The highest BCUT2D eigenvalue weighted by molar-refractivity contribution is 4.75. The van der Waals surface area contributed by atoms with Gasteiger partial charge < -0.3 is 9.84 Å². The van der Waals surface area contributed by atoms with Crippen LogP contribution in [0.1, 0.15) is 39.0 Å². The van der Waals surface area contributed by atoms with E-state index in [4.69, 9.17) is 4.74 Å². The molecule has 17 heavy (non-hydrogen) atoms. The highest BCUT2D eigenvalue weighted by Crippen LogP contribution is 2.29. The zero-order valence-electron chi connectivity index (χ0n) is 11.5. The summed E-state index contributed by atoms with van der Waals surface area (Å²) in [6.45, 7) is 3.23. The third kappa shape index (κ3) is 5.82. The second kappa shape index (κ2) is 8.03. The Morgan fingerprint density at radius 3 is 2.71 bits per heavy atom. The molecule has 0 spiro atoms. The third-order valence-corrected chi connectivity index (χ3v) is 3.51. The molecule has 0 heterocycles.